The number of hydrogen-bond donors (Lipinski definition) is 1. The van der Waals surface area contributed by atoms with Crippen LogP contribution in [0.5, 0.6) is 0 Å². The Kier molecular flexibility index (Phi) is 3.21. The number of aromatic nitrogens is 1. The van der Waals surface area contributed by atoms with Crippen LogP contribution in [0.2, 0.25) is 0 Å². The van der Waals surface area contributed by atoms with Crippen molar-refractivity contribution in [1.82, 2.24) is 4.37 Å². The highest BCUT2D eigenvalue weighted by Crippen LogP contribution is 2.22. The van der Waals surface area contributed by atoms with Crippen LogP contribution >= 0.6 is 22.9 Å². The Morgan fingerprint density at radius 2 is 2.44 bits per heavy atom. The second kappa shape index (κ2) is 4.63. The van der Waals surface area contributed by atoms with Crippen LogP contribution in [0, 0.1) is 6.92 Å². The van der Waals surface area contributed by atoms with E-state index < -0.39 is 5.97 Å². The molecule has 2 aromatic heterocycles. The molecule has 0 saturated carbocycles. The monoisotopic (exact) mass is 254 g/mol. The number of carbonyl (C=O) groups is 1. The summed E-state index contributed by atoms with van der Waals surface area (Å²) in [5.74, 6) is -0.405. The molecule has 2 N–H and O–H groups in total. The Bertz CT molecular complexity index is 471. The third-order valence-electron chi connectivity index (χ3n) is 2.02. The standard InChI is InChI=1S/C10H10N2O2S2/c1-6-8(9(11)16-12-6)10(13)14-5-7-3-2-4-15-7/h2-4H,5,11H2,1H3. The molecule has 16 heavy (non-hydrogen) atoms. The Morgan fingerprint density at radius 1 is 1.62 bits per heavy atom. The van der Waals surface area contributed by atoms with Gasteiger partial charge in [-0.25, -0.2) is 4.79 Å². The molecule has 0 radical (unpaired) electrons. The molecule has 0 unspecified atom stereocenters. The van der Waals surface area contributed by atoms with E-state index in [0.717, 1.165) is 16.4 Å². The number of nitrogens with zero attached hydrogens (tertiary/aromatic N) is 1. The van der Waals surface area contributed by atoms with Crippen molar-refractivity contribution >= 4 is 33.8 Å². The smallest absolute Gasteiger partial charge is 0.343 e. The fraction of sp³-hybridized carbons (Fsp3) is 0.200. The Balaban J connectivity index is 2.04. The van der Waals surface area contributed by atoms with E-state index in [1.807, 2.05) is 17.5 Å². The van der Waals surface area contributed by atoms with E-state index in [9.17, 15) is 4.79 Å². The molecule has 0 atom stereocenters. The molecule has 84 valence electrons. The van der Waals surface area contributed by atoms with Gasteiger partial charge >= 0.3 is 5.97 Å². The predicted molar refractivity (Wildman–Crippen MR) is 64.7 cm³/mol. The van der Waals surface area contributed by atoms with Crippen LogP contribution in [0.25, 0.3) is 0 Å². The Morgan fingerprint density at radius 3 is 3.00 bits per heavy atom. The Hall–Kier alpha value is -1.40. The molecule has 2 heterocycles. The third kappa shape index (κ3) is 2.23. The van der Waals surface area contributed by atoms with Crippen molar-refractivity contribution in [2.45, 2.75) is 13.5 Å². The molecule has 2 rings (SSSR count). The highest BCUT2D eigenvalue weighted by molar-refractivity contribution is 7.10. The fourth-order valence-electron chi connectivity index (χ4n) is 1.24. The highest BCUT2D eigenvalue weighted by atomic mass is 32.1. The minimum atomic E-state index is -0.405. The van der Waals surface area contributed by atoms with Gasteiger partial charge in [0.05, 0.1) is 5.69 Å². The summed E-state index contributed by atoms with van der Waals surface area (Å²) in [6, 6.07) is 3.83. The van der Waals surface area contributed by atoms with E-state index in [4.69, 9.17) is 10.5 Å². The zero-order chi connectivity index (χ0) is 11.5. The Labute approximate surface area is 101 Å². The summed E-state index contributed by atoms with van der Waals surface area (Å²) in [5, 5.41) is 2.35. The molecule has 0 aliphatic rings. The first-order valence-corrected chi connectivity index (χ1v) is 6.25. The molecule has 0 saturated heterocycles. The first-order valence-electron chi connectivity index (χ1n) is 4.59. The lowest BCUT2D eigenvalue weighted by atomic mass is 10.2. The van der Waals surface area contributed by atoms with Gasteiger partial charge in [-0.3, -0.25) is 0 Å². The van der Waals surface area contributed by atoms with Crippen LogP contribution in [-0.4, -0.2) is 10.3 Å². The van der Waals surface area contributed by atoms with Crippen LogP contribution in [0.15, 0.2) is 17.5 Å². The lowest BCUT2D eigenvalue weighted by molar-refractivity contribution is 0.0477. The van der Waals surface area contributed by atoms with Crippen molar-refractivity contribution in [2.24, 2.45) is 0 Å². The number of ether oxygens (including phenoxy) is 1. The molecule has 4 nitrogen and oxygen atoms in total. The second-order valence-corrected chi connectivity index (χ2v) is 5.00. The lowest BCUT2D eigenvalue weighted by Crippen LogP contribution is -2.07. The van der Waals surface area contributed by atoms with Gasteiger partial charge in [0.25, 0.3) is 0 Å². The van der Waals surface area contributed by atoms with Crippen LogP contribution in [-0.2, 0) is 11.3 Å². The maximum atomic E-state index is 11.7. The summed E-state index contributed by atoms with van der Waals surface area (Å²) in [7, 11) is 0. The molecule has 2 aromatic rings. The van der Waals surface area contributed by atoms with Crippen LogP contribution < -0.4 is 5.73 Å². The van der Waals surface area contributed by atoms with Gasteiger partial charge in [0.2, 0.25) is 0 Å². The number of carbonyl (C=O) groups excluding carboxylic acids is 1. The van der Waals surface area contributed by atoms with E-state index in [0.29, 0.717) is 16.3 Å². The van der Waals surface area contributed by atoms with E-state index in [-0.39, 0.29) is 6.61 Å². The minimum Gasteiger partial charge on any atom is -0.456 e. The topological polar surface area (TPSA) is 65.2 Å². The molecule has 0 aliphatic carbocycles. The summed E-state index contributed by atoms with van der Waals surface area (Å²) in [5.41, 5.74) is 6.66. The van der Waals surface area contributed by atoms with Crippen molar-refractivity contribution < 1.29 is 9.53 Å². The summed E-state index contributed by atoms with van der Waals surface area (Å²) >= 11 is 2.66. The molecular weight excluding hydrogens is 244 g/mol. The van der Waals surface area contributed by atoms with Crippen molar-refractivity contribution in [1.29, 1.82) is 0 Å². The summed E-state index contributed by atoms with van der Waals surface area (Å²) in [6.45, 7) is 2.03. The van der Waals surface area contributed by atoms with E-state index in [1.54, 1.807) is 18.3 Å². The number of aryl methyl sites for hydroxylation is 1. The molecule has 0 aliphatic heterocycles. The first-order chi connectivity index (χ1) is 7.68. The quantitative estimate of drug-likeness (QED) is 0.854. The van der Waals surface area contributed by atoms with E-state index in [1.165, 1.54) is 0 Å². The van der Waals surface area contributed by atoms with Gasteiger partial charge in [0.15, 0.2) is 0 Å². The average Bonchev–Trinajstić information content (AvgIpc) is 2.86. The van der Waals surface area contributed by atoms with E-state index in [2.05, 4.69) is 4.37 Å². The molecule has 0 bridgehead atoms. The van der Waals surface area contributed by atoms with Crippen molar-refractivity contribution in [2.75, 3.05) is 5.73 Å². The molecule has 0 spiro atoms. The van der Waals surface area contributed by atoms with Crippen LogP contribution in [0.4, 0.5) is 5.00 Å². The average molecular weight is 254 g/mol. The van der Waals surface area contributed by atoms with Gasteiger partial charge < -0.3 is 10.5 Å². The van der Waals surface area contributed by atoms with Gasteiger partial charge in [-0.1, -0.05) is 6.07 Å². The number of nitrogen functional groups attached to an aromatic ring is 1. The summed E-state index contributed by atoms with van der Waals surface area (Å²) in [4.78, 5) is 12.7. The zero-order valence-corrected chi connectivity index (χ0v) is 10.2. The number of anilines is 1. The SMILES string of the molecule is Cc1nsc(N)c1C(=O)OCc1cccs1. The first kappa shape index (κ1) is 11.1. The number of esters is 1. The van der Waals surface area contributed by atoms with Crippen LogP contribution in [0.1, 0.15) is 20.9 Å². The maximum Gasteiger partial charge on any atom is 0.343 e. The van der Waals surface area contributed by atoms with Gasteiger partial charge in [0, 0.05) is 4.88 Å². The number of nitrogens with two attached hydrogens (primary N) is 1. The van der Waals surface area contributed by atoms with Gasteiger partial charge in [-0.05, 0) is 29.9 Å². The second-order valence-electron chi connectivity index (χ2n) is 3.16. The van der Waals surface area contributed by atoms with Crippen molar-refractivity contribution in [3.05, 3.63) is 33.6 Å². The lowest BCUT2D eigenvalue weighted by Gasteiger charge is -2.02. The van der Waals surface area contributed by atoms with Gasteiger partial charge in [-0.15, -0.1) is 11.3 Å². The van der Waals surface area contributed by atoms with Crippen LogP contribution in [0.3, 0.4) is 0 Å². The molecular formula is C10H10N2O2S2. The van der Waals surface area contributed by atoms with Crippen molar-refractivity contribution in [3.63, 3.8) is 0 Å². The molecule has 6 heteroatoms. The minimum absolute atomic E-state index is 0.283. The van der Waals surface area contributed by atoms with Gasteiger partial charge in [0.1, 0.15) is 17.2 Å². The highest BCUT2D eigenvalue weighted by Gasteiger charge is 2.17. The largest absolute Gasteiger partial charge is 0.456 e. The maximum absolute atomic E-state index is 11.7. The molecule has 0 aromatic carbocycles. The summed E-state index contributed by atoms with van der Waals surface area (Å²) < 4.78 is 9.15. The number of hydrogen-bond acceptors (Lipinski definition) is 6. The molecule has 0 amide bonds. The van der Waals surface area contributed by atoms with Gasteiger partial charge in [-0.2, -0.15) is 4.37 Å². The predicted octanol–water partition coefficient (Wildman–Crippen LogP) is 2.45. The zero-order valence-electron chi connectivity index (χ0n) is 8.60. The third-order valence-corrected chi connectivity index (χ3v) is 3.63. The number of rotatable bonds is 3. The number of thiophene rings is 1. The molecule has 0 fully saturated rings. The van der Waals surface area contributed by atoms with Crippen molar-refractivity contribution in [3.8, 4) is 0 Å². The fourth-order valence-corrected chi connectivity index (χ4v) is 2.50. The normalized spacial score (nSPS) is 10.3. The summed E-state index contributed by atoms with van der Waals surface area (Å²) in [6.07, 6.45) is 0. The van der Waals surface area contributed by atoms with E-state index >= 15 is 0 Å².